The van der Waals surface area contributed by atoms with E-state index in [4.69, 9.17) is 4.74 Å². The van der Waals surface area contributed by atoms with E-state index in [0.717, 1.165) is 55.2 Å². The Bertz CT molecular complexity index is 954. The van der Waals surface area contributed by atoms with Crippen LogP contribution in [-0.2, 0) is 14.3 Å². The van der Waals surface area contributed by atoms with Crippen molar-refractivity contribution in [1.82, 2.24) is 15.5 Å². The summed E-state index contributed by atoms with van der Waals surface area (Å²) in [5.41, 5.74) is 2.12. The number of carbonyl (C=O) groups excluding carboxylic acids is 3. The fraction of sp³-hybridized carbons (Fsp3) is 0.735. The van der Waals surface area contributed by atoms with E-state index in [0.29, 0.717) is 13.0 Å². The average Bonchev–Trinajstić information content (AvgIpc) is 2.85. The molecule has 0 bridgehead atoms. The number of unbranched alkanes of at least 4 members (excludes halogenated alkanes) is 5. The Balaban J connectivity index is 3.55. The van der Waals surface area contributed by atoms with E-state index in [1.54, 1.807) is 25.7 Å². The standard InChI is InChI=1S/C34H59N3O4/c1-11-13-14-15-16-17-21-37(32(39)29(22-24(3)4)36-33(40)41-34(8,9)10)30(31(38)35-27(7)18-12-2)28-23-25(5)19-20-26(28)6/h19-20,23-24,27,29-30H,11-18,21-22H2,1-10H3,(H,35,38)(H,36,40). The predicted molar refractivity (Wildman–Crippen MR) is 169 cm³/mol. The van der Waals surface area contributed by atoms with Gasteiger partial charge in [0.1, 0.15) is 17.7 Å². The van der Waals surface area contributed by atoms with Crippen molar-refractivity contribution in [2.24, 2.45) is 5.92 Å². The van der Waals surface area contributed by atoms with E-state index in [1.807, 2.05) is 52.8 Å². The Labute approximate surface area is 250 Å². The molecule has 0 fully saturated rings. The molecule has 3 amide bonds. The minimum atomic E-state index is -0.807. The summed E-state index contributed by atoms with van der Waals surface area (Å²) in [6.45, 7) is 20.2. The van der Waals surface area contributed by atoms with Crippen LogP contribution in [0.2, 0.25) is 0 Å². The number of rotatable bonds is 17. The lowest BCUT2D eigenvalue weighted by Gasteiger charge is -2.36. The number of nitrogens with one attached hydrogen (secondary N) is 2. The summed E-state index contributed by atoms with van der Waals surface area (Å²) >= 11 is 0. The SMILES string of the molecule is CCCCCCCCN(C(=O)C(CC(C)C)NC(=O)OC(C)(C)C)C(C(=O)NC(C)CCC)c1cc(C)ccc1C. The van der Waals surface area contributed by atoms with Gasteiger partial charge in [0.05, 0.1) is 0 Å². The molecule has 3 atom stereocenters. The highest BCUT2D eigenvalue weighted by Crippen LogP contribution is 2.28. The normalized spacial score (nSPS) is 13.8. The number of alkyl carbamates (subject to hydrolysis) is 1. The van der Waals surface area contributed by atoms with Gasteiger partial charge in [-0.3, -0.25) is 9.59 Å². The Morgan fingerprint density at radius 1 is 0.902 bits per heavy atom. The number of nitrogens with zero attached hydrogens (tertiary/aromatic N) is 1. The highest BCUT2D eigenvalue weighted by molar-refractivity contribution is 5.92. The van der Waals surface area contributed by atoms with Crippen LogP contribution in [0.15, 0.2) is 18.2 Å². The average molecular weight is 574 g/mol. The van der Waals surface area contributed by atoms with E-state index >= 15 is 0 Å². The third kappa shape index (κ3) is 13.8. The first-order valence-corrected chi connectivity index (χ1v) is 15.9. The van der Waals surface area contributed by atoms with Crippen LogP contribution in [0, 0.1) is 19.8 Å². The van der Waals surface area contributed by atoms with E-state index < -0.39 is 23.8 Å². The Kier molecular flexibility index (Phi) is 16.1. The maximum Gasteiger partial charge on any atom is 0.408 e. The van der Waals surface area contributed by atoms with Crippen molar-refractivity contribution in [3.8, 4) is 0 Å². The first-order valence-electron chi connectivity index (χ1n) is 15.9. The van der Waals surface area contributed by atoms with Crippen LogP contribution in [0.4, 0.5) is 4.79 Å². The minimum absolute atomic E-state index is 0.0162. The number of carbonyl (C=O) groups is 3. The van der Waals surface area contributed by atoms with Crippen LogP contribution in [0.25, 0.3) is 0 Å². The van der Waals surface area contributed by atoms with Crippen molar-refractivity contribution >= 4 is 17.9 Å². The minimum Gasteiger partial charge on any atom is -0.444 e. The summed E-state index contributed by atoms with van der Waals surface area (Å²) in [6, 6.07) is 4.44. The monoisotopic (exact) mass is 573 g/mol. The summed E-state index contributed by atoms with van der Waals surface area (Å²) in [6.07, 6.45) is 8.01. The molecule has 0 saturated heterocycles. The number of benzene rings is 1. The zero-order valence-electron chi connectivity index (χ0n) is 27.7. The molecule has 0 heterocycles. The van der Waals surface area contributed by atoms with Crippen molar-refractivity contribution in [2.45, 2.75) is 151 Å². The van der Waals surface area contributed by atoms with Crippen molar-refractivity contribution < 1.29 is 19.1 Å². The third-order valence-electron chi connectivity index (χ3n) is 7.13. The second-order valence-corrected chi connectivity index (χ2v) is 13.1. The van der Waals surface area contributed by atoms with Crippen LogP contribution in [-0.4, -0.2) is 47.0 Å². The first kappa shape index (κ1) is 36.5. The Morgan fingerprint density at radius 3 is 2.12 bits per heavy atom. The summed E-state index contributed by atoms with van der Waals surface area (Å²) in [7, 11) is 0. The van der Waals surface area contributed by atoms with E-state index in [2.05, 4.69) is 24.5 Å². The van der Waals surface area contributed by atoms with Gasteiger partial charge in [-0.15, -0.1) is 0 Å². The largest absolute Gasteiger partial charge is 0.444 e. The number of aryl methyl sites for hydroxylation is 2. The van der Waals surface area contributed by atoms with Crippen LogP contribution >= 0.6 is 0 Å². The quantitative estimate of drug-likeness (QED) is 0.186. The maximum atomic E-state index is 14.4. The maximum absolute atomic E-state index is 14.4. The van der Waals surface area contributed by atoms with Crippen molar-refractivity contribution in [3.05, 3.63) is 34.9 Å². The van der Waals surface area contributed by atoms with Gasteiger partial charge in [0.2, 0.25) is 11.8 Å². The zero-order valence-corrected chi connectivity index (χ0v) is 27.7. The summed E-state index contributed by atoms with van der Waals surface area (Å²) in [5, 5.41) is 6.04. The van der Waals surface area contributed by atoms with Gasteiger partial charge >= 0.3 is 6.09 Å². The van der Waals surface area contributed by atoms with Gasteiger partial charge in [0.15, 0.2) is 0 Å². The molecule has 0 spiro atoms. The molecule has 7 heteroatoms. The number of ether oxygens (including phenoxy) is 1. The van der Waals surface area contributed by atoms with Crippen LogP contribution in [0.3, 0.4) is 0 Å². The molecule has 0 aliphatic carbocycles. The molecule has 3 unspecified atom stereocenters. The molecule has 0 radical (unpaired) electrons. The summed E-state index contributed by atoms with van der Waals surface area (Å²) < 4.78 is 5.52. The van der Waals surface area contributed by atoms with Gasteiger partial charge < -0.3 is 20.3 Å². The van der Waals surface area contributed by atoms with Gasteiger partial charge in [0.25, 0.3) is 0 Å². The highest BCUT2D eigenvalue weighted by atomic mass is 16.6. The van der Waals surface area contributed by atoms with Crippen LogP contribution in [0.5, 0.6) is 0 Å². The lowest BCUT2D eigenvalue weighted by Crippen LogP contribution is -2.54. The predicted octanol–water partition coefficient (Wildman–Crippen LogP) is 7.78. The lowest BCUT2D eigenvalue weighted by atomic mass is 9.94. The molecule has 0 aliphatic heterocycles. The molecule has 2 N–H and O–H groups in total. The molecule has 234 valence electrons. The molecule has 41 heavy (non-hydrogen) atoms. The second kappa shape index (κ2) is 18.1. The molecule has 1 rings (SSSR count). The molecule has 1 aromatic rings. The highest BCUT2D eigenvalue weighted by Gasteiger charge is 2.37. The molecule has 7 nitrogen and oxygen atoms in total. The summed E-state index contributed by atoms with van der Waals surface area (Å²) in [4.78, 5) is 43.1. The molecular formula is C34H59N3O4. The Morgan fingerprint density at radius 2 is 1.54 bits per heavy atom. The Hall–Kier alpha value is -2.57. The second-order valence-electron chi connectivity index (χ2n) is 13.1. The van der Waals surface area contributed by atoms with E-state index in [9.17, 15) is 14.4 Å². The molecule has 1 aromatic carbocycles. The van der Waals surface area contributed by atoms with Gasteiger partial charge in [-0.05, 0) is 77.8 Å². The third-order valence-corrected chi connectivity index (χ3v) is 7.13. The van der Waals surface area contributed by atoms with E-state index in [1.165, 1.54) is 12.8 Å². The fourth-order valence-corrected chi connectivity index (χ4v) is 5.10. The molecule has 0 aliphatic rings. The fourth-order valence-electron chi connectivity index (χ4n) is 5.10. The lowest BCUT2D eigenvalue weighted by molar-refractivity contribution is -0.143. The van der Waals surface area contributed by atoms with Crippen molar-refractivity contribution in [3.63, 3.8) is 0 Å². The first-order chi connectivity index (χ1) is 19.2. The van der Waals surface area contributed by atoms with E-state index in [-0.39, 0.29) is 23.8 Å². The summed E-state index contributed by atoms with van der Waals surface area (Å²) in [5.74, 6) is -0.283. The molecule has 0 aromatic heterocycles. The van der Waals surface area contributed by atoms with Crippen LogP contribution < -0.4 is 10.6 Å². The number of hydrogen-bond donors (Lipinski definition) is 2. The van der Waals surface area contributed by atoms with Crippen molar-refractivity contribution in [1.29, 1.82) is 0 Å². The van der Waals surface area contributed by atoms with Gasteiger partial charge in [0, 0.05) is 12.6 Å². The van der Waals surface area contributed by atoms with Crippen molar-refractivity contribution in [2.75, 3.05) is 6.54 Å². The molecular weight excluding hydrogens is 514 g/mol. The number of hydrogen-bond acceptors (Lipinski definition) is 4. The zero-order chi connectivity index (χ0) is 31.2. The smallest absolute Gasteiger partial charge is 0.408 e. The van der Waals surface area contributed by atoms with Gasteiger partial charge in [-0.1, -0.05) is 90.0 Å². The topological polar surface area (TPSA) is 87.7 Å². The number of amides is 3. The molecule has 0 saturated carbocycles. The van der Waals surface area contributed by atoms with Crippen LogP contribution in [0.1, 0.15) is 136 Å². The van der Waals surface area contributed by atoms with Gasteiger partial charge in [-0.25, -0.2) is 4.79 Å². The van der Waals surface area contributed by atoms with Gasteiger partial charge in [-0.2, -0.15) is 0 Å².